The summed E-state index contributed by atoms with van der Waals surface area (Å²) in [6.07, 6.45) is -4.31. The zero-order valence-corrected chi connectivity index (χ0v) is 12.4. The smallest absolute Gasteiger partial charge is 0.283 e. The Morgan fingerprint density at radius 3 is 2.23 bits per heavy atom. The number of hydrogen-bond donors (Lipinski definition) is 0. The average molecular weight is 303 g/mol. The van der Waals surface area contributed by atoms with Gasteiger partial charge in [-0.15, -0.1) is 0 Å². The van der Waals surface area contributed by atoms with Crippen molar-refractivity contribution in [2.24, 2.45) is 4.99 Å². The van der Waals surface area contributed by atoms with E-state index in [2.05, 4.69) is 24.9 Å². The van der Waals surface area contributed by atoms with Crippen LogP contribution in [0.15, 0.2) is 53.5 Å². The van der Waals surface area contributed by atoms with Gasteiger partial charge in [-0.05, 0) is 17.7 Å². The number of nitrogens with zero attached hydrogens (tertiary/aromatic N) is 1. The molecule has 0 saturated carbocycles. The minimum Gasteiger partial charge on any atom is -0.283 e. The van der Waals surface area contributed by atoms with Crippen molar-refractivity contribution in [2.75, 3.05) is 6.54 Å². The van der Waals surface area contributed by atoms with Crippen molar-refractivity contribution < 1.29 is 13.2 Å². The second kappa shape index (κ2) is 4.97. The lowest BCUT2D eigenvalue weighted by atomic mass is 9.77. The Balaban J connectivity index is 2.05. The molecule has 0 saturated heterocycles. The van der Waals surface area contributed by atoms with Crippen molar-refractivity contribution in [3.63, 3.8) is 0 Å². The highest BCUT2D eigenvalue weighted by Gasteiger charge is 2.32. The summed E-state index contributed by atoms with van der Waals surface area (Å²) < 4.78 is 38.0. The summed E-state index contributed by atoms with van der Waals surface area (Å²) in [5.41, 5.74) is 2.96. The highest BCUT2D eigenvalue weighted by Crippen LogP contribution is 2.34. The fourth-order valence-corrected chi connectivity index (χ4v) is 2.79. The van der Waals surface area contributed by atoms with E-state index in [0.29, 0.717) is 6.54 Å². The van der Waals surface area contributed by atoms with E-state index in [1.165, 1.54) is 17.7 Å². The van der Waals surface area contributed by atoms with E-state index in [9.17, 15) is 13.2 Å². The number of benzene rings is 2. The standard InChI is InChI=1S/C18H16F3N/c1-17(2)11-22-16(14-5-3-4-6-15(14)17)12-7-9-13(10-8-12)18(19,20)21/h3-10H,11H2,1-2H3. The van der Waals surface area contributed by atoms with Gasteiger partial charge in [-0.1, -0.05) is 50.2 Å². The van der Waals surface area contributed by atoms with Gasteiger partial charge in [0.15, 0.2) is 0 Å². The van der Waals surface area contributed by atoms with Crippen molar-refractivity contribution >= 4 is 5.71 Å². The van der Waals surface area contributed by atoms with Crippen molar-refractivity contribution in [1.29, 1.82) is 0 Å². The van der Waals surface area contributed by atoms with Crippen LogP contribution in [0, 0.1) is 0 Å². The van der Waals surface area contributed by atoms with Gasteiger partial charge in [0, 0.05) is 23.1 Å². The molecule has 3 rings (SSSR count). The maximum absolute atomic E-state index is 12.7. The Hall–Kier alpha value is -2.10. The van der Waals surface area contributed by atoms with Crippen LogP contribution in [0.4, 0.5) is 13.2 Å². The third kappa shape index (κ3) is 2.54. The molecule has 0 aliphatic carbocycles. The fourth-order valence-electron chi connectivity index (χ4n) is 2.79. The normalized spacial score (nSPS) is 16.9. The quantitative estimate of drug-likeness (QED) is 0.715. The molecule has 4 heteroatoms. The van der Waals surface area contributed by atoms with Crippen LogP contribution in [0.5, 0.6) is 0 Å². The number of aliphatic imine (C=N–C) groups is 1. The topological polar surface area (TPSA) is 12.4 Å². The van der Waals surface area contributed by atoms with Crippen molar-refractivity contribution in [2.45, 2.75) is 25.4 Å². The lowest BCUT2D eigenvalue weighted by molar-refractivity contribution is -0.137. The second-order valence-corrected chi connectivity index (χ2v) is 6.17. The molecule has 0 spiro atoms. The third-order valence-corrected chi connectivity index (χ3v) is 4.03. The molecule has 0 amide bonds. The molecule has 0 radical (unpaired) electrons. The molecular weight excluding hydrogens is 287 g/mol. The molecular formula is C18H16F3N. The molecule has 1 heterocycles. The van der Waals surface area contributed by atoms with Gasteiger partial charge in [-0.2, -0.15) is 13.2 Å². The summed E-state index contributed by atoms with van der Waals surface area (Å²) >= 11 is 0. The van der Waals surface area contributed by atoms with E-state index >= 15 is 0 Å². The fraction of sp³-hybridized carbons (Fsp3) is 0.278. The summed E-state index contributed by atoms with van der Waals surface area (Å²) in [6.45, 7) is 4.87. The molecule has 0 atom stereocenters. The zero-order chi connectivity index (χ0) is 16.0. The molecule has 1 aliphatic heterocycles. The molecule has 2 aromatic carbocycles. The average Bonchev–Trinajstić information content (AvgIpc) is 2.47. The summed E-state index contributed by atoms with van der Waals surface area (Å²) in [6, 6.07) is 13.2. The Kier molecular flexibility index (Phi) is 3.35. The molecule has 1 aliphatic rings. The number of halogens is 3. The van der Waals surface area contributed by atoms with E-state index in [-0.39, 0.29) is 5.41 Å². The first-order valence-corrected chi connectivity index (χ1v) is 7.11. The van der Waals surface area contributed by atoms with Gasteiger partial charge in [0.2, 0.25) is 0 Å². The van der Waals surface area contributed by atoms with E-state index in [1.54, 1.807) is 0 Å². The minimum atomic E-state index is -4.31. The van der Waals surface area contributed by atoms with Crippen LogP contribution >= 0.6 is 0 Å². The zero-order valence-electron chi connectivity index (χ0n) is 12.4. The van der Waals surface area contributed by atoms with Crippen LogP contribution in [0.1, 0.15) is 36.1 Å². The van der Waals surface area contributed by atoms with E-state index in [1.807, 2.05) is 18.2 Å². The van der Waals surface area contributed by atoms with Gasteiger partial charge >= 0.3 is 6.18 Å². The highest BCUT2D eigenvalue weighted by molar-refractivity contribution is 6.14. The minimum absolute atomic E-state index is 0.0635. The first-order valence-electron chi connectivity index (χ1n) is 7.11. The molecule has 0 unspecified atom stereocenters. The predicted molar refractivity (Wildman–Crippen MR) is 81.4 cm³/mol. The Morgan fingerprint density at radius 1 is 0.955 bits per heavy atom. The molecule has 2 aromatic rings. The van der Waals surface area contributed by atoms with Gasteiger partial charge < -0.3 is 0 Å². The molecule has 0 aromatic heterocycles. The lowest BCUT2D eigenvalue weighted by Crippen LogP contribution is -2.29. The predicted octanol–water partition coefficient (Wildman–Crippen LogP) is 4.83. The van der Waals surface area contributed by atoms with Gasteiger partial charge in [-0.25, -0.2) is 0 Å². The number of fused-ring (bicyclic) bond motifs is 1. The molecule has 0 fully saturated rings. The summed E-state index contributed by atoms with van der Waals surface area (Å²) in [5, 5.41) is 0. The Morgan fingerprint density at radius 2 is 1.59 bits per heavy atom. The largest absolute Gasteiger partial charge is 0.416 e. The van der Waals surface area contributed by atoms with Gasteiger partial charge in [0.1, 0.15) is 0 Å². The lowest BCUT2D eigenvalue weighted by Gasteiger charge is -2.31. The highest BCUT2D eigenvalue weighted by atomic mass is 19.4. The van der Waals surface area contributed by atoms with Crippen LogP contribution < -0.4 is 0 Å². The Bertz CT molecular complexity index is 725. The molecule has 0 N–H and O–H groups in total. The second-order valence-electron chi connectivity index (χ2n) is 6.17. The van der Waals surface area contributed by atoms with Crippen LogP contribution in [0.2, 0.25) is 0 Å². The van der Waals surface area contributed by atoms with Crippen molar-refractivity contribution in [1.82, 2.24) is 0 Å². The third-order valence-electron chi connectivity index (χ3n) is 4.03. The molecule has 0 bridgehead atoms. The first kappa shape index (κ1) is 14.8. The first-order chi connectivity index (χ1) is 10.3. The maximum atomic E-state index is 12.7. The van der Waals surface area contributed by atoms with Gasteiger partial charge in [0.05, 0.1) is 11.3 Å². The number of hydrogen-bond acceptors (Lipinski definition) is 1. The maximum Gasteiger partial charge on any atom is 0.416 e. The SMILES string of the molecule is CC1(C)CN=C(c2ccc(C(F)(F)F)cc2)c2ccccc21. The summed E-state index contributed by atoms with van der Waals surface area (Å²) in [4.78, 5) is 4.62. The monoisotopic (exact) mass is 303 g/mol. The van der Waals surface area contributed by atoms with Crippen molar-refractivity contribution in [3.8, 4) is 0 Å². The molecule has 1 nitrogen and oxygen atoms in total. The summed E-state index contributed by atoms with van der Waals surface area (Å²) in [5.74, 6) is 0. The number of alkyl halides is 3. The number of rotatable bonds is 1. The van der Waals surface area contributed by atoms with Crippen molar-refractivity contribution in [3.05, 3.63) is 70.8 Å². The van der Waals surface area contributed by atoms with E-state index < -0.39 is 11.7 Å². The van der Waals surface area contributed by atoms with Gasteiger partial charge in [-0.3, -0.25) is 4.99 Å². The van der Waals surface area contributed by atoms with E-state index in [0.717, 1.165) is 29.0 Å². The van der Waals surface area contributed by atoms with E-state index in [4.69, 9.17) is 0 Å². The van der Waals surface area contributed by atoms with Gasteiger partial charge in [0.25, 0.3) is 0 Å². The summed E-state index contributed by atoms with van der Waals surface area (Å²) in [7, 11) is 0. The van der Waals surface area contributed by atoms with Crippen LogP contribution in [-0.2, 0) is 11.6 Å². The van der Waals surface area contributed by atoms with Crippen LogP contribution in [0.25, 0.3) is 0 Å². The molecule has 22 heavy (non-hydrogen) atoms. The Labute approximate surface area is 127 Å². The molecule has 114 valence electrons. The van der Waals surface area contributed by atoms with Crippen LogP contribution in [-0.4, -0.2) is 12.3 Å². The van der Waals surface area contributed by atoms with Crippen LogP contribution in [0.3, 0.4) is 0 Å².